The molecule has 1 fully saturated rings. The standard InChI is InChI=1S/C15H21N3O2S2/c1-18-13(11-12-5-4-9-21-12)16-17-15(18)22-10-8-20-14-6-2-3-7-19-14/h4-5,9,14H,2-3,6-8,10-11H2,1H3/t14-/m0/s1. The van der Waals surface area contributed by atoms with Crippen LogP contribution in [0.4, 0.5) is 0 Å². The van der Waals surface area contributed by atoms with Crippen molar-refractivity contribution < 1.29 is 9.47 Å². The van der Waals surface area contributed by atoms with E-state index >= 15 is 0 Å². The smallest absolute Gasteiger partial charge is 0.191 e. The van der Waals surface area contributed by atoms with Gasteiger partial charge in [-0.05, 0) is 30.7 Å². The second-order valence-corrected chi connectivity index (χ2v) is 7.32. The van der Waals surface area contributed by atoms with E-state index in [0.717, 1.165) is 42.6 Å². The Kier molecular flexibility index (Phi) is 5.89. The number of hydrogen-bond donors (Lipinski definition) is 0. The van der Waals surface area contributed by atoms with E-state index in [0.29, 0.717) is 6.61 Å². The summed E-state index contributed by atoms with van der Waals surface area (Å²) < 4.78 is 13.4. The van der Waals surface area contributed by atoms with Crippen LogP contribution >= 0.6 is 23.1 Å². The molecule has 0 aromatic carbocycles. The highest BCUT2D eigenvalue weighted by Crippen LogP contribution is 2.20. The number of ether oxygens (including phenoxy) is 2. The van der Waals surface area contributed by atoms with Crippen LogP contribution in [0.3, 0.4) is 0 Å². The van der Waals surface area contributed by atoms with Gasteiger partial charge in [-0.2, -0.15) is 0 Å². The minimum atomic E-state index is -0.0109. The van der Waals surface area contributed by atoms with Crippen LogP contribution in [-0.2, 0) is 22.9 Å². The van der Waals surface area contributed by atoms with Crippen molar-refractivity contribution in [1.82, 2.24) is 14.8 Å². The molecule has 0 N–H and O–H groups in total. The maximum Gasteiger partial charge on any atom is 0.191 e. The highest BCUT2D eigenvalue weighted by atomic mass is 32.2. The summed E-state index contributed by atoms with van der Waals surface area (Å²) >= 11 is 3.43. The first kappa shape index (κ1) is 16.0. The van der Waals surface area contributed by atoms with Crippen molar-refractivity contribution in [3.8, 4) is 0 Å². The lowest BCUT2D eigenvalue weighted by atomic mass is 10.2. The van der Waals surface area contributed by atoms with Crippen LogP contribution in [0.15, 0.2) is 22.7 Å². The van der Waals surface area contributed by atoms with E-state index in [1.807, 2.05) is 7.05 Å². The Hall–Kier alpha value is -0.890. The number of aromatic nitrogens is 3. The fourth-order valence-corrected chi connectivity index (χ4v) is 3.81. The van der Waals surface area contributed by atoms with Gasteiger partial charge in [0.2, 0.25) is 0 Å². The number of hydrogen-bond acceptors (Lipinski definition) is 6. The summed E-state index contributed by atoms with van der Waals surface area (Å²) in [6, 6.07) is 4.20. The SMILES string of the molecule is Cn1c(Cc2cccs2)nnc1SCCO[C@H]1CCCCO1. The van der Waals surface area contributed by atoms with Gasteiger partial charge in [0.05, 0.1) is 6.61 Å². The number of rotatable bonds is 7. The van der Waals surface area contributed by atoms with E-state index in [4.69, 9.17) is 9.47 Å². The van der Waals surface area contributed by atoms with Gasteiger partial charge in [-0.3, -0.25) is 0 Å². The Morgan fingerprint density at radius 2 is 2.41 bits per heavy atom. The van der Waals surface area contributed by atoms with Crippen molar-refractivity contribution in [2.24, 2.45) is 7.05 Å². The van der Waals surface area contributed by atoms with E-state index in [2.05, 4.69) is 32.3 Å². The third-order valence-electron chi connectivity index (χ3n) is 3.59. The van der Waals surface area contributed by atoms with E-state index in [-0.39, 0.29) is 6.29 Å². The summed E-state index contributed by atoms with van der Waals surface area (Å²) in [7, 11) is 2.02. The Morgan fingerprint density at radius 3 is 3.18 bits per heavy atom. The van der Waals surface area contributed by atoms with Crippen molar-refractivity contribution in [3.63, 3.8) is 0 Å². The highest BCUT2D eigenvalue weighted by Gasteiger charge is 2.14. The molecule has 5 nitrogen and oxygen atoms in total. The maximum absolute atomic E-state index is 5.74. The van der Waals surface area contributed by atoms with Gasteiger partial charge in [-0.1, -0.05) is 17.8 Å². The van der Waals surface area contributed by atoms with Crippen LogP contribution in [0.2, 0.25) is 0 Å². The summed E-state index contributed by atoms with van der Waals surface area (Å²) in [5.74, 6) is 1.87. The third kappa shape index (κ3) is 4.32. The van der Waals surface area contributed by atoms with Gasteiger partial charge in [-0.25, -0.2) is 0 Å². The minimum absolute atomic E-state index is 0.0109. The maximum atomic E-state index is 5.74. The zero-order valence-electron chi connectivity index (χ0n) is 12.7. The Balaban J connectivity index is 1.43. The van der Waals surface area contributed by atoms with Gasteiger partial charge in [0.15, 0.2) is 11.4 Å². The third-order valence-corrected chi connectivity index (χ3v) is 5.45. The normalized spacial score (nSPS) is 18.7. The number of nitrogens with zero attached hydrogens (tertiary/aromatic N) is 3. The molecule has 1 saturated heterocycles. The molecule has 7 heteroatoms. The van der Waals surface area contributed by atoms with Crippen LogP contribution in [0, 0.1) is 0 Å². The Labute approximate surface area is 139 Å². The first-order chi connectivity index (χ1) is 10.8. The molecule has 0 amide bonds. The average molecular weight is 339 g/mol. The van der Waals surface area contributed by atoms with Crippen LogP contribution in [0.25, 0.3) is 0 Å². The van der Waals surface area contributed by atoms with Crippen LogP contribution in [-0.4, -0.2) is 40.0 Å². The largest absolute Gasteiger partial charge is 0.353 e. The molecule has 1 aliphatic heterocycles. The molecule has 2 aromatic rings. The van der Waals surface area contributed by atoms with Gasteiger partial charge in [0, 0.05) is 30.7 Å². The molecule has 0 spiro atoms. The summed E-state index contributed by atoms with van der Waals surface area (Å²) in [5.41, 5.74) is 0. The van der Waals surface area contributed by atoms with Crippen LogP contribution in [0.1, 0.15) is 30.0 Å². The molecule has 0 aliphatic carbocycles. The molecule has 3 heterocycles. The predicted molar refractivity (Wildman–Crippen MR) is 88.4 cm³/mol. The van der Waals surface area contributed by atoms with Crippen LogP contribution < -0.4 is 0 Å². The van der Waals surface area contributed by atoms with Gasteiger partial charge in [0.1, 0.15) is 5.82 Å². The van der Waals surface area contributed by atoms with Gasteiger partial charge < -0.3 is 14.0 Å². The molecule has 0 radical (unpaired) electrons. The molecule has 0 bridgehead atoms. The van der Waals surface area contributed by atoms with Crippen molar-refractivity contribution in [3.05, 3.63) is 28.2 Å². The molecular formula is C15H21N3O2S2. The number of thiophene rings is 1. The zero-order valence-corrected chi connectivity index (χ0v) is 14.4. The monoisotopic (exact) mass is 339 g/mol. The average Bonchev–Trinajstić information content (AvgIpc) is 3.17. The van der Waals surface area contributed by atoms with E-state index < -0.39 is 0 Å². The summed E-state index contributed by atoms with van der Waals surface area (Å²) in [6.45, 7) is 1.51. The summed E-state index contributed by atoms with van der Waals surface area (Å²) in [6.07, 6.45) is 4.20. The quantitative estimate of drug-likeness (QED) is 0.573. The number of thioether (sulfide) groups is 1. The van der Waals surface area contributed by atoms with Crippen molar-refractivity contribution in [2.75, 3.05) is 19.0 Å². The molecule has 1 aliphatic rings. The van der Waals surface area contributed by atoms with Gasteiger partial charge in [-0.15, -0.1) is 21.5 Å². The molecule has 22 heavy (non-hydrogen) atoms. The predicted octanol–water partition coefficient (Wildman–Crippen LogP) is 3.10. The zero-order chi connectivity index (χ0) is 15.2. The highest BCUT2D eigenvalue weighted by molar-refractivity contribution is 7.99. The molecule has 0 saturated carbocycles. The lowest BCUT2D eigenvalue weighted by molar-refractivity contribution is -0.158. The van der Waals surface area contributed by atoms with E-state index in [9.17, 15) is 0 Å². The van der Waals surface area contributed by atoms with Gasteiger partial charge >= 0.3 is 0 Å². The second kappa shape index (κ2) is 8.10. The Bertz CT molecular complexity index is 565. The van der Waals surface area contributed by atoms with E-state index in [1.165, 1.54) is 11.3 Å². The van der Waals surface area contributed by atoms with Crippen LogP contribution in [0.5, 0.6) is 0 Å². The van der Waals surface area contributed by atoms with E-state index in [1.54, 1.807) is 23.1 Å². The fraction of sp³-hybridized carbons (Fsp3) is 0.600. The first-order valence-electron chi connectivity index (χ1n) is 7.59. The van der Waals surface area contributed by atoms with Gasteiger partial charge in [0.25, 0.3) is 0 Å². The lowest BCUT2D eigenvalue weighted by Gasteiger charge is -2.22. The lowest BCUT2D eigenvalue weighted by Crippen LogP contribution is -2.23. The molecule has 120 valence electrons. The summed E-state index contributed by atoms with van der Waals surface area (Å²) in [4.78, 5) is 1.31. The molecule has 1 atom stereocenters. The topological polar surface area (TPSA) is 49.2 Å². The minimum Gasteiger partial charge on any atom is -0.353 e. The fourth-order valence-electron chi connectivity index (χ4n) is 2.35. The van der Waals surface area contributed by atoms with Crippen molar-refractivity contribution in [1.29, 1.82) is 0 Å². The Morgan fingerprint density at radius 1 is 1.45 bits per heavy atom. The molecule has 2 aromatic heterocycles. The molecular weight excluding hydrogens is 318 g/mol. The first-order valence-corrected chi connectivity index (χ1v) is 9.46. The van der Waals surface area contributed by atoms with Crippen molar-refractivity contribution >= 4 is 23.1 Å². The molecule has 3 rings (SSSR count). The summed E-state index contributed by atoms with van der Waals surface area (Å²) in [5, 5.41) is 11.6. The van der Waals surface area contributed by atoms with Crippen molar-refractivity contribution in [2.45, 2.75) is 37.1 Å². The second-order valence-electron chi connectivity index (χ2n) is 5.23. The molecule has 0 unspecified atom stereocenters.